The lowest BCUT2D eigenvalue weighted by molar-refractivity contribution is 0.443. The maximum Gasteiger partial charge on any atom is 0.121 e. The summed E-state index contributed by atoms with van der Waals surface area (Å²) in [5.74, 6) is 1.88. The van der Waals surface area contributed by atoms with Crippen LogP contribution in [-0.4, -0.2) is 5.11 Å². The SMILES string of the molecule is Cc1cc([C@@H]2CCCc3ccoc32)cc(C)c1O. The minimum absolute atomic E-state index is 0.349. The van der Waals surface area contributed by atoms with Crippen LogP contribution in [0.1, 0.15) is 46.8 Å². The van der Waals surface area contributed by atoms with Gasteiger partial charge < -0.3 is 9.52 Å². The largest absolute Gasteiger partial charge is 0.507 e. The molecule has 94 valence electrons. The molecule has 3 rings (SSSR count). The lowest BCUT2D eigenvalue weighted by Gasteiger charge is -2.22. The molecule has 0 unspecified atom stereocenters. The second-order valence-electron chi connectivity index (χ2n) is 5.26. The molecule has 1 N–H and O–H groups in total. The minimum Gasteiger partial charge on any atom is -0.507 e. The van der Waals surface area contributed by atoms with Gasteiger partial charge in [-0.25, -0.2) is 0 Å². The summed E-state index contributed by atoms with van der Waals surface area (Å²) in [6.07, 6.45) is 5.25. The molecule has 0 bridgehead atoms. The number of furan rings is 1. The highest BCUT2D eigenvalue weighted by Crippen LogP contribution is 2.39. The first-order valence-corrected chi connectivity index (χ1v) is 6.53. The normalized spacial score (nSPS) is 18.7. The van der Waals surface area contributed by atoms with Gasteiger partial charge in [0.1, 0.15) is 11.5 Å². The highest BCUT2D eigenvalue weighted by Gasteiger charge is 2.25. The van der Waals surface area contributed by atoms with Crippen molar-refractivity contribution in [1.82, 2.24) is 0 Å². The Morgan fingerprint density at radius 1 is 1.22 bits per heavy atom. The van der Waals surface area contributed by atoms with E-state index >= 15 is 0 Å². The molecule has 0 amide bonds. The summed E-state index contributed by atoms with van der Waals surface area (Å²) in [6.45, 7) is 3.91. The Morgan fingerprint density at radius 3 is 2.67 bits per heavy atom. The summed E-state index contributed by atoms with van der Waals surface area (Å²) >= 11 is 0. The van der Waals surface area contributed by atoms with Crippen molar-refractivity contribution in [3.8, 4) is 5.75 Å². The molecular formula is C16H18O2. The number of rotatable bonds is 1. The van der Waals surface area contributed by atoms with Gasteiger partial charge in [-0.1, -0.05) is 12.1 Å². The number of hydrogen-bond acceptors (Lipinski definition) is 2. The molecular weight excluding hydrogens is 224 g/mol. The average Bonchev–Trinajstić information content (AvgIpc) is 2.83. The van der Waals surface area contributed by atoms with Crippen LogP contribution in [0.3, 0.4) is 0 Å². The van der Waals surface area contributed by atoms with Gasteiger partial charge in [-0.05, 0) is 61.4 Å². The van der Waals surface area contributed by atoms with E-state index < -0.39 is 0 Å². The highest BCUT2D eigenvalue weighted by molar-refractivity contribution is 5.45. The number of phenols is 1. The third kappa shape index (κ3) is 1.72. The van der Waals surface area contributed by atoms with Gasteiger partial charge in [-0.15, -0.1) is 0 Å². The van der Waals surface area contributed by atoms with Crippen LogP contribution in [-0.2, 0) is 6.42 Å². The Labute approximate surface area is 107 Å². The molecule has 0 saturated heterocycles. The van der Waals surface area contributed by atoms with Crippen LogP contribution < -0.4 is 0 Å². The molecule has 0 spiro atoms. The third-order valence-electron chi connectivity index (χ3n) is 3.95. The third-order valence-corrected chi connectivity index (χ3v) is 3.95. The summed E-state index contributed by atoms with van der Waals surface area (Å²) < 4.78 is 5.67. The molecule has 2 heteroatoms. The lowest BCUT2D eigenvalue weighted by Crippen LogP contribution is -2.09. The molecule has 1 aromatic heterocycles. The average molecular weight is 242 g/mol. The highest BCUT2D eigenvalue weighted by atomic mass is 16.3. The van der Waals surface area contributed by atoms with Crippen LogP contribution in [0.4, 0.5) is 0 Å². The van der Waals surface area contributed by atoms with Crippen molar-refractivity contribution < 1.29 is 9.52 Å². The predicted octanol–water partition coefficient (Wildman–Crippen LogP) is 4.07. The first-order chi connectivity index (χ1) is 8.66. The van der Waals surface area contributed by atoms with Crippen LogP contribution in [0.25, 0.3) is 0 Å². The number of hydrogen-bond donors (Lipinski definition) is 1. The van der Waals surface area contributed by atoms with Crippen molar-refractivity contribution >= 4 is 0 Å². The second-order valence-corrected chi connectivity index (χ2v) is 5.26. The van der Waals surface area contributed by atoms with E-state index in [4.69, 9.17) is 4.42 Å². The topological polar surface area (TPSA) is 33.4 Å². The first-order valence-electron chi connectivity index (χ1n) is 6.53. The molecule has 0 aliphatic heterocycles. The van der Waals surface area contributed by atoms with E-state index in [1.165, 1.54) is 17.5 Å². The van der Waals surface area contributed by atoms with Crippen molar-refractivity contribution in [2.75, 3.05) is 0 Å². The molecule has 2 aromatic rings. The Balaban J connectivity index is 2.07. The van der Waals surface area contributed by atoms with Crippen molar-refractivity contribution in [2.24, 2.45) is 0 Å². The standard InChI is InChI=1S/C16H18O2/c1-10-8-13(9-11(2)15(10)17)14-5-3-4-12-6-7-18-16(12)14/h6-9,14,17H,3-5H2,1-2H3/t14-/m0/s1. The maximum atomic E-state index is 9.86. The van der Waals surface area contributed by atoms with Crippen molar-refractivity contribution in [3.05, 3.63) is 52.5 Å². The number of aromatic hydroxyl groups is 1. The van der Waals surface area contributed by atoms with Crippen LogP contribution in [0.2, 0.25) is 0 Å². The van der Waals surface area contributed by atoms with Crippen LogP contribution in [0.15, 0.2) is 28.9 Å². The molecule has 18 heavy (non-hydrogen) atoms. The van der Waals surface area contributed by atoms with E-state index in [0.717, 1.165) is 29.7 Å². The molecule has 1 aliphatic carbocycles. The Bertz CT molecular complexity index is 558. The van der Waals surface area contributed by atoms with Crippen LogP contribution in [0.5, 0.6) is 5.75 Å². The van der Waals surface area contributed by atoms with Gasteiger partial charge in [-0.2, -0.15) is 0 Å². The maximum absolute atomic E-state index is 9.86. The monoisotopic (exact) mass is 242 g/mol. The van der Waals surface area contributed by atoms with Crippen LogP contribution >= 0.6 is 0 Å². The van der Waals surface area contributed by atoms with Gasteiger partial charge >= 0.3 is 0 Å². The Kier molecular flexibility index (Phi) is 2.66. The zero-order valence-electron chi connectivity index (χ0n) is 10.9. The lowest BCUT2D eigenvalue weighted by atomic mass is 9.83. The van der Waals surface area contributed by atoms with Crippen molar-refractivity contribution in [3.63, 3.8) is 0 Å². The summed E-state index contributed by atoms with van der Waals surface area (Å²) in [7, 11) is 0. The molecule has 0 radical (unpaired) electrons. The minimum atomic E-state index is 0.349. The quantitative estimate of drug-likeness (QED) is 0.817. The fraction of sp³-hybridized carbons (Fsp3) is 0.375. The smallest absolute Gasteiger partial charge is 0.121 e. The Morgan fingerprint density at radius 2 is 1.94 bits per heavy atom. The number of fused-ring (bicyclic) bond motifs is 1. The first kappa shape index (κ1) is 11.4. The molecule has 1 heterocycles. The van der Waals surface area contributed by atoms with Gasteiger partial charge in [0.25, 0.3) is 0 Å². The summed E-state index contributed by atoms with van der Waals surface area (Å²) in [6, 6.07) is 6.26. The predicted molar refractivity (Wildman–Crippen MR) is 71.1 cm³/mol. The van der Waals surface area contributed by atoms with Crippen molar-refractivity contribution in [1.29, 1.82) is 0 Å². The zero-order valence-corrected chi connectivity index (χ0v) is 10.9. The van der Waals surface area contributed by atoms with Gasteiger partial charge in [0, 0.05) is 5.92 Å². The fourth-order valence-electron chi connectivity index (χ4n) is 3.00. The summed E-state index contributed by atoms with van der Waals surface area (Å²) in [4.78, 5) is 0. The van der Waals surface area contributed by atoms with Gasteiger partial charge in [0.2, 0.25) is 0 Å². The van der Waals surface area contributed by atoms with E-state index in [1.807, 2.05) is 13.8 Å². The molecule has 0 fully saturated rings. The molecule has 0 saturated carbocycles. The van der Waals surface area contributed by atoms with Gasteiger partial charge in [0.15, 0.2) is 0 Å². The zero-order chi connectivity index (χ0) is 12.7. The number of phenolic OH excluding ortho intramolecular Hbond substituents is 1. The Hall–Kier alpha value is -1.70. The fourth-order valence-corrected chi connectivity index (χ4v) is 3.00. The van der Waals surface area contributed by atoms with E-state index in [2.05, 4.69) is 18.2 Å². The van der Waals surface area contributed by atoms with Gasteiger partial charge in [0.05, 0.1) is 6.26 Å². The number of benzene rings is 1. The van der Waals surface area contributed by atoms with Crippen LogP contribution in [0, 0.1) is 13.8 Å². The molecule has 1 aliphatic rings. The molecule has 1 aromatic carbocycles. The van der Waals surface area contributed by atoms with Gasteiger partial charge in [-0.3, -0.25) is 0 Å². The van der Waals surface area contributed by atoms with E-state index in [0.29, 0.717) is 11.7 Å². The summed E-state index contributed by atoms with van der Waals surface area (Å²) in [5.41, 5.74) is 4.50. The summed E-state index contributed by atoms with van der Waals surface area (Å²) in [5, 5.41) is 9.86. The second kappa shape index (κ2) is 4.20. The van der Waals surface area contributed by atoms with E-state index in [1.54, 1.807) is 6.26 Å². The molecule has 1 atom stereocenters. The van der Waals surface area contributed by atoms with Crippen molar-refractivity contribution in [2.45, 2.75) is 39.0 Å². The van der Waals surface area contributed by atoms with E-state index in [-0.39, 0.29) is 0 Å². The molecule has 2 nitrogen and oxygen atoms in total. The van der Waals surface area contributed by atoms with E-state index in [9.17, 15) is 5.11 Å². The number of aryl methyl sites for hydroxylation is 3.